The summed E-state index contributed by atoms with van der Waals surface area (Å²) in [5, 5.41) is 10.7. The molecule has 1 fully saturated rings. The van der Waals surface area contributed by atoms with E-state index in [9.17, 15) is 9.50 Å². The second-order valence-corrected chi connectivity index (χ2v) is 5.23. The van der Waals surface area contributed by atoms with E-state index >= 15 is 0 Å². The highest BCUT2D eigenvalue weighted by Gasteiger charge is 2.36. The van der Waals surface area contributed by atoms with Gasteiger partial charge in [-0.1, -0.05) is 25.5 Å². The molecule has 2 unspecified atom stereocenters. The topological polar surface area (TPSA) is 29.5 Å². The normalized spacial score (nSPS) is 28.3. The number of aliphatic hydroxyl groups is 1. The van der Waals surface area contributed by atoms with Crippen LogP contribution in [0.15, 0.2) is 18.2 Å². The first-order valence-corrected chi connectivity index (χ1v) is 6.66. The molecule has 3 heteroatoms. The summed E-state index contributed by atoms with van der Waals surface area (Å²) in [6, 6.07) is 5.02. The summed E-state index contributed by atoms with van der Waals surface area (Å²) >= 11 is 0. The van der Waals surface area contributed by atoms with Crippen molar-refractivity contribution in [2.45, 2.75) is 51.2 Å². The molecule has 0 saturated carbocycles. The SMILES string of the molecule is CCCC1CC(O)(c2ccc(C)c(F)c2)CCO1. The maximum Gasteiger partial charge on any atom is 0.126 e. The van der Waals surface area contributed by atoms with Crippen molar-refractivity contribution in [3.8, 4) is 0 Å². The van der Waals surface area contributed by atoms with Crippen LogP contribution in [0.4, 0.5) is 4.39 Å². The summed E-state index contributed by atoms with van der Waals surface area (Å²) in [5.74, 6) is -0.251. The van der Waals surface area contributed by atoms with Crippen molar-refractivity contribution in [2.75, 3.05) is 6.61 Å². The number of rotatable bonds is 3. The van der Waals surface area contributed by atoms with Crippen molar-refractivity contribution in [1.82, 2.24) is 0 Å². The van der Waals surface area contributed by atoms with Gasteiger partial charge >= 0.3 is 0 Å². The monoisotopic (exact) mass is 252 g/mol. The molecule has 1 saturated heterocycles. The van der Waals surface area contributed by atoms with E-state index in [-0.39, 0.29) is 11.9 Å². The van der Waals surface area contributed by atoms with Gasteiger partial charge < -0.3 is 9.84 Å². The molecule has 0 radical (unpaired) electrons. The molecule has 0 bridgehead atoms. The summed E-state index contributed by atoms with van der Waals surface area (Å²) in [4.78, 5) is 0. The Balaban J connectivity index is 2.21. The van der Waals surface area contributed by atoms with E-state index < -0.39 is 5.60 Å². The van der Waals surface area contributed by atoms with Crippen molar-refractivity contribution in [2.24, 2.45) is 0 Å². The Hall–Kier alpha value is -0.930. The number of aryl methyl sites for hydroxylation is 1. The first kappa shape index (κ1) is 13.5. The quantitative estimate of drug-likeness (QED) is 0.894. The zero-order valence-electron chi connectivity index (χ0n) is 11.1. The van der Waals surface area contributed by atoms with Gasteiger partial charge in [-0.3, -0.25) is 0 Å². The van der Waals surface area contributed by atoms with Gasteiger partial charge in [0.25, 0.3) is 0 Å². The molecule has 18 heavy (non-hydrogen) atoms. The lowest BCUT2D eigenvalue weighted by Crippen LogP contribution is -2.38. The maximum absolute atomic E-state index is 13.6. The van der Waals surface area contributed by atoms with Crippen molar-refractivity contribution in [3.05, 3.63) is 35.1 Å². The van der Waals surface area contributed by atoms with Crippen LogP contribution in [0.1, 0.15) is 43.7 Å². The smallest absolute Gasteiger partial charge is 0.126 e. The maximum atomic E-state index is 13.6. The van der Waals surface area contributed by atoms with Gasteiger partial charge in [0.1, 0.15) is 5.82 Å². The van der Waals surface area contributed by atoms with Crippen LogP contribution in [0, 0.1) is 12.7 Å². The molecular formula is C15H21FO2. The minimum Gasteiger partial charge on any atom is -0.385 e. The Morgan fingerprint density at radius 2 is 2.28 bits per heavy atom. The Morgan fingerprint density at radius 1 is 1.50 bits per heavy atom. The molecular weight excluding hydrogens is 231 g/mol. The number of ether oxygens (including phenoxy) is 1. The number of halogens is 1. The number of hydrogen-bond acceptors (Lipinski definition) is 2. The number of benzene rings is 1. The molecule has 1 heterocycles. The highest BCUT2D eigenvalue weighted by Crippen LogP contribution is 2.36. The van der Waals surface area contributed by atoms with Crippen molar-refractivity contribution in [1.29, 1.82) is 0 Å². The minimum absolute atomic E-state index is 0.0816. The average molecular weight is 252 g/mol. The van der Waals surface area contributed by atoms with Crippen LogP contribution in [0.25, 0.3) is 0 Å². The highest BCUT2D eigenvalue weighted by molar-refractivity contribution is 5.28. The van der Waals surface area contributed by atoms with Crippen molar-refractivity contribution in [3.63, 3.8) is 0 Å². The lowest BCUT2D eigenvalue weighted by atomic mass is 9.82. The average Bonchev–Trinajstić information content (AvgIpc) is 2.33. The predicted octanol–water partition coefficient (Wildman–Crippen LogP) is 3.30. The van der Waals surface area contributed by atoms with Gasteiger partial charge in [0.05, 0.1) is 18.3 Å². The molecule has 2 nitrogen and oxygen atoms in total. The Labute approximate surface area is 108 Å². The third-order valence-electron chi connectivity index (χ3n) is 3.75. The minimum atomic E-state index is -0.938. The third kappa shape index (κ3) is 2.73. The fourth-order valence-corrected chi connectivity index (χ4v) is 2.58. The summed E-state index contributed by atoms with van der Waals surface area (Å²) in [6.45, 7) is 4.37. The summed E-state index contributed by atoms with van der Waals surface area (Å²) in [7, 11) is 0. The van der Waals surface area contributed by atoms with Gasteiger partial charge in [-0.15, -0.1) is 0 Å². The van der Waals surface area contributed by atoms with Gasteiger partial charge in [0, 0.05) is 12.8 Å². The first-order chi connectivity index (χ1) is 8.55. The van der Waals surface area contributed by atoms with Crippen molar-refractivity contribution < 1.29 is 14.2 Å². The molecule has 2 atom stereocenters. The van der Waals surface area contributed by atoms with Crippen LogP contribution < -0.4 is 0 Å². The fraction of sp³-hybridized carbons (Fsp3) is 0.600. The van der Waals surface area contributed by atoms with Crippen LogP contribution in [0.5, 0.6) is 0 Å². The van der Waals surface area contributed by atoms with Crippen LogP contribution >= 0.6 is 0 Å². The van der Waals surface area contributed by atoms with Gasteiger partial charge in [-0.2, -0.15) is 0 Å². The van der Waals surface area contributed by atoms with Crippen molar-refractivity contribution >= 4 is 0 Å². The first-order valence-electron chi connectivity index (χ1n) is 6.66. The molecule has 1 aliphatic rings. The molecule has 2 rings (SSSR count). The second kappa shape index (κ2) is 5.37. The van der Waals surface area contributed by atoms with Crippen LogP contribution in [0.2, 0.25) is 0 Å². The predicted molar refractivity (Wildman–Crippen MR) is 68.9 cm³/mol. The van der Waals surface area contributed by atoms with E-state index in [1.54, 1.807) is 13.0 Å². The molecule has 1 aromatic carbocycles. The largest absolute Gasteiger partial charge is 0.385 e. The van der Waals surface area contributed by atoms with E-state index in [1.165, 1.54) is 6.07 Å². The Kier molecular flexibility index (Phi) is 4.03. The zero-order chi connectivity index (χ0) is 13.2. The zero-order valence-corrected chi connectivity index (χ0v) is 11.1. The Morgan fingerprint density at radius 3 is 2.94 bits per heavy atom. The second-order valence-electron chi connectivity index (χ2n) is 5.23. The van der Waals surface area contributed by atoms with Crippen LogP contribution in [-0.2, 0) is 10.3 Å². The van der Waals surface area contributed by atoms with Gasteiger partial charge in [-0.05, 0) is 30.5 Å². The van der Waals surface area contributed by atoms with E-state index in [4.69, 9.17) is 4.74 Å². The van der Waals surface area contributed by atoms with Gasteiger partial charge in [0.15, 0.2) is 0 Å². The molecule has 0 aromatic heterocycles. The van der Waals surface area contributed by atoms with Crippen LogP contribution in [-0.4, -0.2) is 17.8 Å². The van der Waals surface area contributed by atoms with E-state index in [0.29, 0.717) is 30.6 Å². The fourth-order valence-electron chi connectivity index (χ4n) is 2.58. The summed E-state index contributed by atoms with van der Waals surface area (Å²) in [6.07, 6.45) is 3.15. The third-order valence-corrected chi connectivity index (χ3v) is 3.75. The molecule has 100 valence electrons. The summed E-state index contributed by atoms with van der Waals surface area (Å²) in [5.41, 5.74) is 0.349. The molecule has 0 aliphatic carbocycles. The lowest BCUT2D eigenvalue weighted by molar-refractivity contribution is -0.110. The molecule has 1 aliphatic heterocycles. The van der Waals surface area contributed by atoms with E-state index in [2.05, 4.69) is 6.92 Å². The standard InChI is InChI=1S/C15H21FO2/c1-3-4-13-10-15(17,7-8-18-13)12-6-5-11(2)14(16)9-12/h5-6,9,13,17H,3-4,7-8,10H2,1-2H3. The Bertz CT molecular complexity index is 417. The lowest BCUT2D eigenvalue weighted by Gasteiger charge is -2.37. The molecule has 1 N–H and O–H groups in total. The van der Waals surface area contributed by atoms with Gasteiger partial charge in [0.2, 0.25) is 0 Å². The number of hydrogen-bond donors (Lipinski definition) is 1. The molecule has 0 spiro atoms. The molecule has 1 aromatic rings. The summed E-state index contributed by atoms with van der Waals surface area (Å²) < 4.78 is 19.2. The van der Waals surface area contributed by atoms with E-state index in [0.717, 1.165) is 12.8 Å². The molecule has 0 amide bonds. The van der Waals surface area contributed by atoms with Gasteiger partial charge in [-0.25, -0.2) is 4.39 Å². The highest BCUT2D eigenvalue weighted by atomic mass is 19.1. The van der Waals surface area contributed by atoms with E-state index in [1.807, 2.05) is 6.07 Å². The van der Waals surface area contributed by atoms with Crippen LogP contribution in [0.3, 0.4) is 0 Å².